The molecule has 0 bridgehead atoms. The summed E-state index contributed by atoms with van der Waals surface area (Å²) in [7, 11) is 1.91. The maximum atomic E-state index is 5.36. The van der Waals surface area contributed by atoms with Crippen molar-refractivity contribution in [3.63, 3.8) is 0 Å². The van der Waals surface area contributed by atoms with Crippen molar-refractivity contribution >= 4 is 23.4 Å². The van der Waals surface area contributed by atoms with Gasteiger partial charge in [0.1, 0.15) is 5.52 Å². The molecule has 19 heavy (non-hydrogen) atoms. The van der Waals surface area contributed by atoms with Gasteiger partial charge in [0.15, 0.2) is 16.2 Å². The fourth-order valence-corrected chi connectivity index (χ4v) is 2.49. The monoisotopic (exact) mass is 278 g/mol. The molecule has 0 saturated carbocycles. The molecule has 7 nitrogen and oxygen atoms in total. The number of imidazole rings is 1. The van der Waals surface area contributed by atoms with Crippen molar-refractivity contribution in [3.8, 4) is 0 Å². The Balaban J connectivity index is 2.14. The lowest BCUT2D eigenvalue weighted by molar-refractivity contribution is 0.408. The van der Waals surface area contributed by atoms with Crippen LogP contribution in [0, 0.1) is 4.77 Å². The molecule has 0 spiro atoms. The minimum absolute atomic E-state index is 0.473. The number of fused-ring (bicyclic) bond motifs is 1. The van der Waals surface area contributed by atoms with Gasteiger partial charge in [0.05, 0.1) is 12.2 Å². The fraction of sp³-hybridized carbons (Fsp3) is 0.455. The number of nitrogens with one attached hydrogen (secondary N) is 1. The number of rotatable bonds is 4. The zero-order chi connectivity index (χ0) is 13.4. The molecule has 1 N–H and O–H groups in total. The second-order valence-electron chi connectivity index (χ2n) is 4.38. The quantitative estimate of drug-likeness (QED) is 0.736. The Morgan fingerprint density at radius 3 is 3.00 bits per heavy atom. The standard InChI is InChI=1S/C11H14N6OS/c1-3-4-7-9-10(16(2)14-7)17(11(19)13-9)5-8-12-6-18-15-8/h6H,3-5H2,1-2H3,(H,13,19). The largest absolute Gasteiger partial charge is 0.343 e. The summed E-state index contributed by atoms with van der Waals surface area (Å²) in [5.74, 6) is 0.593. The van der Waals surface area contributed by atoms with Gasteiger partial charge in [-0.1, -0.05) is 18.5 Å². The third-order valence-electron chi connectivity index (χ3n) is 3.02. The van der Waals surface area contributed by atoms with Crippen molar-refractivity contribution in [2.45, 2.75) is 26.3 Å². The van der Waals surface area contributed by atoms with Crippen LogP contribution in [0.25, 0.3) is 11.2 Å². The van der Waals surface area contributed by atoms with Crippen LogP contribution in [0.1, 0.15) is 24.9 Å². The third-order valence-corrected chi connectivity index (χ3v) is 3.34. The predicted octanol–water partition coefficient (Wildman–Crippen LogP) is 1.82. The van der Waals surface area contributed by atoms with Gasteiger partial charge >= 0.3 is 0 Å². The van der Waals surface area contributed by atoms with Gasteiger partial charge in [-0.05, 0) is 18.6 Å². The first-order valence-corrected chi connectivity index (χ1v) is 6.51. The molecule has 0 aliphatic carbocycles. The lowest BCUT2D eigenvalue weighted by atomic mass is 10.2. The van der Waals surface area contributed by atoms with Gasteiger partial charge in [0.25, 0.3) is 0 Å². The molecule has 0 aliphatic rings. The van der Waals surface area contributed by atoms with E-state index in [0.717, 1.165) is 29.7 Å². The van der Waals surface area contributed by atoms with Gasteiger partial charge in [0.2, 0.25) is 6.39 Å². The summed E-state index contributed by atoms with van der Waals surface area (Å²) < 4.78 is 9.16. The Labute approximate surface area is 114 Å². The fourth-order valence-electron chi connectivity index (χ4n) is 2.24. The highest BCUT2D eigenvalue weighted by atomic mass is 32.1. The Morgan fingerprint density at radius 1 is 1.47 bits per heavy atom. The van der Waals surface area contributed by atoms with Gasteiger partial charge in [0, 0.05) is 7.05 Å². The molecule has 8 heteroatoms. The van der Waals surface area contributed by atoms with Crippen molar-refractivity contribution in [3.05, 3.63) is 22.7 Å². The summed E-state index contributed by atoms with van der Waals surface area (Å²) in [6, 6.07) is 0. The molecule has 3 aromatic rings. The second-order valence-corrected chi connectivity index (χ2v) is 4.77. The molecule has 100 valence electrons. The van der Waals surface area contributed by atoms with Crippen molar-refractivity contribution in [1.29, 1.82) is 0 Å². The molecule has 0 atom stereocenters. The van der Waals surface area contributed by atoms with Crippen LogP contribution in [0.5, 0.6) is 0 Å². The smallest absolute Gasteiger partial charge is 0.213 e. The Kier molecular flexibility index (Phi) is 2.94. The molecule has 3 heterocycles. The van der Waals surface area contributed by atoms with Crippen molar-refractivity contribution in [1.82, 2.24) is 29.5 Å². The van der Waals surface area contributed by atoms with Crippen LogP contribution in [0.4, 0.5) is 0 Å². The van der Waals surface area contributed by atoms with Gasteiger partial charge in [-0.15, -0.1) is 0 Å². The first kappa shape index (κ1) is 12.1. The molecule has 0 saturated heterocycles. The Morgan fingerprint density at radius 2 is 2.32 bits per heavy atom. The average Bonchev–Trinajstić information content (AvgIpc) is 3.04. The highest BCUT2D eigenvalue weighted by Gasteiger charge is 2.15. The maximum absolute atomic E-state index is 5.36. The SMILES string of the molecule is CCCc1nn(C)c2c1[nH]c(=S)n2Cc1ncon1. The Bertz CT molecular complexity index is 750. The Hall–Kier alpha value is -1.96. The number of aromatic nitrogens is 6. The molecule has 0 unspecified atom stereocenters. The zero-order valence-electron chi connectivity index (χ0n) is 10.8. The average molecular weight is 278 g/mol. The van der Waals surface area contributed by atoms with E-state index in [2.05, 4.69) is 27.1 Å². The lowest BCUT2D eigenvalue weighted by Gasteiger charge is -2.00. The molecule has 0 radical (unpaired) electrons. The number of aryl methyl sites for hydroxylation is 2. The van der Waals surface area contributed by atoms with Gasteiger partial charge < -0.3 is 9.51 Å². The number of aromatic amines is 1. The van der Waals surface area contributed by atoms with E-state index < -0.39 is 0 Å². The van der Waals surface area contributed by atoms with Crippen molar-refractivity contribution < 1.29 is 4.52 Å². The number of nitrogens with zero attached hydrogens (tertiary/aromatic N) is 5. The van der Waals surface area contributed by atoms with Crippen LogP contribution in [-0.2, 0) is 20.0 Å². The molecule has 0 fully saturated rings. The first-order valence-electron chi connectivity index (χ1n) is 6.10. The summed E-state index contributed by atoms with van der Waals surface area (Å²) in [4.78, 5) is 7.25. The molecule has 0 aliphatic heterocycles. The van der Waals surface area contributed by atoms with E-state index in [1.165, 1.54) is 6.39 Å². The van der Waals surface area contributed by atoms with E-state index in [1.54, 1.807) is 0 Å². The summed E-state index contributed by atoms with van der Waals surface area (Å²) >= 11 is 5.36. The van der Waals surface area contributed by atoms with Crippen LogP contribution >= 0.6 is 12.2 Å². The van der Waals surface area contributed by atoms with E-state index in [1.807, 2.05) is 16.3 Å². The van der Waals surface area contributed by atoms with Crippen LogP contribution in [0.3, 0.4) is 0 Å². The highest BCUT2D eigenvalue weighted by molar-refractivity contribution is 7.71. The predicted molar refractivity (Wildman–Crippen MR) is 71.3 cm³/mol. The zero-order valence-corrected chi connectivity index (χ0v) is 11.6. The normalized spacial score (nSPS) is 11.5. The van der Waals surface area contributed by atoms with Crippen LogP contribution in [0.2, 0.25) is 0 Å². The highest BCUT2D eigenvalue weighted by Crippen LogP contribution is 2.19. The third kappa shape index (κ3) is 1.97. The molecule has 3 rings (SSSR count). The van der Waals surface area contributed by atoms with E-state index >= 15 is 0 Å². The second kappa shape index (κ2) is 4.61. The van der Waals surface area contributed by atoms with E-state index in [0.29, 0.717) is 17.1 Å². The van der Waals surface area contributed by atoms with Crippen LogP contribution in [-0.4, -0.2) is 29.5 Å². The molecule has 3 aromatic heterocycles. The van der Waals surface area contributed by atoms with Crippen LogP contribution < -0.4 is 0 Å². The summed E-state index contributed by atoms with van der Waals surface area (Å²) in [5.41, 5.74) is 2.99. The van der Waals surface area contributed by atoms with E-state index in [4.69, 9.17) is 16.7 Å². The molecular weight excluding hydrogens is 264 g/mol. The molecule has 0 amide bonds. The van der Waals surface area contributed by atoms with Crippen LogP contribution in [0.15, 0.2) is 10.9 Å². The number of hydrogen-bond donors (Lipinski definition) is 1. The van der Waals surface area contributed by atoms with Crippen molar-refractivity contribution in [2.24, 2.45) is 7.05 Å². The van der Waals surface area contributed by atoms with Gasteiger partial charge in [-0.25, -0.2) is 0 Å². The number of H-pyrrole nitrogens is 1. The molecule has 0 aromatic carbocycles. The van der Waals surface area contributed by atoms with Gasteiger partial charge in [-0.2, -0.15) is 10.1 Å². The summed E-state index contributed by atoms with van der Waals surface area (Å²) in [5, 5.41) is 8.34. The lowest BCUT2D eigenvalue weighted by Crippen LogP contribution is -2.05. The molecular formula is C11H14N6OS. The summed E-state index contributed by atoms with van der Waals surface area (Å²) in [6.07, 6.45) is 3.28. The van der Waals surface area contributed by atoms with Gasteiger partial charge in [-0.3, -0.25) is 9.25 Å². The van der Waals surface area contributed by atoms with E-state index in [-0.39, 0.29) is 0 Å². The first-order chi connectivity index (χ1) is 9.20. The minimum Gasteiger partial charge on any atom is -0.343 e. The van der Waals surface area contributed by atoms with E-state index in [9.17, 15) is 0 Å². The van der Waals surface area contributed by atoms with Crippen molar-refractivity contribution in [2.75, 3.05) is 0 Å². The minimum atomic E-state index is 0.473. The maximum Gasteiger partial charge on any atom is 0.213 e. The number of hydrogen-bond acceptors (Lipinski definition) is 5. The summed E-state index contributed by atoms with van der Waals surface area (Å²) in [6.45, 7) is 2.60. The topological polar surface area (TPSA) is 77.5 Å².